The lowest BCUT2D eigenvalue weighted by molar-refractivity contribution is 0.587. The second-order valence-electron chi connectivity index (χ2n) is 7.31. The molecule has 0 atom stereocenters. The molecular weight excluding hydrogens is 421 g/mol. The van der Waals surface area contributed by atoms with E-state index < -0.39 is 20.9 Å². The van der Waals surface area contributed by atoms with E-state index >= 15 is 0 Å². The minimum Gasteiger partial charge on any atom is -0.383 e. The number of nitrogens with zero attached hydrogens (tertiary/aromatic N) is 4. The van der Waals surface area contributed by atoms with Crippen molar-refractivity contribution >= 4 is 38.3 Å². The van der Waals surface area contributed by atoms with Gasteiger partial charge in [0.2, 0.25) is 5.95 Å². The maximum absolute atomic E-state index is 13.6. The number of nitrogen functional groups attached to an aromatic ring is 1. The molecule has 0 aliphatic rings. The zero-order valence-corrected chi connectivity index (χ0v) is 17.8. The smallest absolute Gasteiger partial charge is 0.229 e. The number of aromatic amines is 1. The molecule has 4 rings (SSSR count). The summed E-state index contributed by atoms with van der Waals surface area (Å²) in [5.41, 5.74) is 8.51. The molecule has 11 heteroatoms. The number of hydrogen-bond acceptors (Lipinski definition) is 8. The lowest BCUT2D eigenvalue weighted by Crippen LogP contribution is -2.15. The summed E-state index contributed by atoms with van der Waals surface area (Å²) in [5, 5.41) is 9.71. The minimum absolute atomic E-state index is 0.134. The van der Waals surface area contributed by atoms with Crippen molar-refractivity contribution < 1.29 is 12.8 Å². The number of halogens is 1. The summed E-state index contributed by atoms with van der Waals surface area (Å²) in [4.78, 5) is 12.7. The number of benzene rings is 1. The molecule has 0 spiro atoms. The third-order valence-electron chi connectivity index (χ3n) is 4.84. The summed E-state index contributed by atoms with van der Waals surface area (Å²) in [5.74, 6) is -0.181. The number of pyridine rings is 1. The first-order valence-corrected chi connectivity index (χ1v) is 11.0. The monoisotopic (exact) mass is 441 g/mol. The fraction of sp³-hybridized carbons (Fsp3) is 0.200. The topological polar surface area (TPSA) is 140 Å². The number of nitrogens with one attached hydrogen (secondary N) is 2. The zero-order valence-electron chi connectivity index (χ0n) is 17.0. The van der Waals surface area contributed by atoms with Crippen molar-refractivity contribution in [1.82, 2.24) is 25.1 Å². The number of aromatic nitrogens is 5. The number of aryl methyl sites for hydroxylation is 1. The van der Waals surface area contributed by atoms with Crippen LogP contribution in [-0.4, -0.2) is 38.8 Å². The Bertz CT molecular complexity index is 1400. The zero-order chi connectivity index (χ0) is 22.3. The van der Waals surface area contributed by atoms with Crippen molar-refractivity contribution in [2.75, 3.05) is 11.1 Å². The lowest BCUT2D eigenvalue weighted by Gasteiger charge is -2.13. The molecule has 4 N–H and O–H groups in total. The average Bonchev–Trinajstić information content (AvgIpc) is 3.12. The Kier molecular flexibility index (Phi) is 5.05. The fourth-order valence-corrected chi connectivity index (χ4v) is 4.41. The van der Waals surface area contributed by atoms with Crippen molar-refractivity contribution in [3.63, 3.8) is 0 Å². The standard InChI is InChI=1S/C20H20FN7O2S/c1-10(2)31(29,30)16-7-13(5-4-11(16)3)25-20-24-9-15(18(22)26-20)17-14-6-12(21)8-23-19(14)28-27-17/h4-10H,1-3H3,(H,23,27,28)(H3,22,24,25,26). The van der Waals surface area contributed by atoms with E-state index in [1.54, 1.807) is 39.0 Å². The third-order valence-corrected chi connectivity index (χ3v) is 7.13. The van der Waals surface area contributed by atoms with Crippen LogP contribution in [0, 0.1) is 12.7 Å². The number of hydrogen-bond donors (Lipinski definition) is 3. The van der Waals surface area contributed by atoms with Gasteiger partial charge in [0.05, 0.1) is 27.6 Å². The van der Waals surface area contributed by atoms with E-state index in [1.807, 2.05) is 0 Å². The molecule has 0 aliphatic heterocycles. The van der Waals surface area contributed by atoms with Crippen LogP contribution in [0.15, 0.2) is 41.6 Å². The summed E-state index contributed by atoms with van der Waals surface area (Å²) in [7, 11) is -3.44. The summed E-state index contributed by atoms with van der Waals surface area (Å²) >= 11 is 0. The fourth-order valence-electron chi connectivity index (χ4n) is 3.09. The van der Waals surface area contributed by atoms with E-state index in [-0.39, 0.29) is 16.7 Å². The molecule has 0 unspecified atom stereocenters. The van der Waals surface area contributed by atoms with Crippen LogP contribution in [0.1, 0.15) is 19.4 Å². The highest BCUT2D eigenvalue weighted by Gasteiger charge is 2.22. The van der Waals surface area contributed by atoms with E-state index in [0.29, 0.717) is 33.5 Å². The Labute approximate surface area is 177 Å². The van der Waals surface area contributed by atoms with Crippen LogP contribution >= 0.6 is 0 Å². The molecule has 3 aromatic heterocycles. The molecule has 160 valence electrons. The summed E-state index contributed by atoms with van der Waals surface area (Å²) in [6.45, 7) is 5.02. The van der Waals surface area contributed by atoms with Crippen LogP contribution in [0.5, 0.6) is 0 Å². The van der Waals surface area contributed by atoms with E-state index in [1.165, 1.54) is 12.3 Å². The van der Waals surface area contributed by atoms with Gasteiger partial charge >= 0.3 is 0 Å². The quantitative estimate of drug-likeness (QED) is 0.428. The van der Waals surface area contributed by atoms with Gasteiger partial charge in [-0.15, -0.1) is 0 Å². The van der Waals surface area contributed by atoms with Gasteiger partial charge in [0.15, 0.2) is 15.5 Å². The second-order valence-corrected chi connectivity index (χ2v) is 9.79. The van der Waals surface area contributed by atoms with Crippen LogP contribution in [0.2, 0.25) is 0 Å². The number of fused-ring (bicyclic) bond motifs is 1. The SMILES string of the molecule is Cc1ccc(Nc2ncc(-c3[nH]nc4ncc(F)cc34)c(N)n2)cc1S(=O)(=O)C(C)C. The van der Waals surface area contributed by atoms with Gasteiger partial charge in [-0.25, -0.2) is 22.8 Å². The Morgan fingerprint density at radius 3 is 2.65 bits per heavy atom. The highest BCUT2D eigenvalue weighted by atomic mass is 32.2. The molecule has 4 aromatic rings. The highest BCUT2D eigenvalue weighted by molar-refractivity contribution is 7.92. The Morgan fingerprint density at radius 1 is 1.16 bits per heavy atom. The van der Waals surface area contributed by atoms with Crippen molar-refractivity contribution in [3.8, 4) is 11.3 Å². The van der Waals surface area contributed by atoms with Gasteiger partial charge in [0.1, 0.15) is 11.6 Å². The van der Waals surface area contributed by atoms with Crippen LogP contribution in [0.25, 0.3) is 22.3 Å². The Morgan fingerprint density at radius 2 is 1.94 bits per heavy atom. The third kappa shape index (κ3) is 3.79. The van der Waals surface area contributed by atoms with Crippen molar-refractivity contribution in [3.05, 3.63) is 48.0 Å². The van der Waals surface area contributed by atoms with Gasteiger partial charge in [-0.05, 0) is 44.5 Å². The molecule has 1 aromatic carbocycles. The predicted octanol–water partition coefficient (Wildman–Crippen LogP) is 3.37. The van der Waals surface area contributed by atoms with Gasteiger partial charge in [-0.2, -0.15) is 10.1 Å². The van der Waals surface area contributed by atoms with E-state index in [9.17, 15) is 12.8 Å². The van der Waals surface area contributed by atoms with Crippen molar-refractivity contribution in [1.29, 1.82) is 0 Å². The summed E-state index contributed by atoms with van der Waals surface area (Å²) < 4.78 is 38.8. The Balaban J connectivity index is 1.67. The molecule has 0 radical (unpaired) electrons. The van der Waals surface area contributed by atoms with Gasteiger partial charge in [0.25, 0.3) is 0 Å². The summed E-state index contributed by atoms with van der Waals surface area (Å²) in [6.07, 6.45) is 2.55. The first-order valence-electron chi connectivity index (χ1n) is 9.41. The number of rotatable bonds is 5. The molecule has 9 nitrogen and oxygen atoms in total. The molecular formula is C20H20FN7O2S. The minimum atomic E-state index is -3.44. The van der Waals surface area contributed by atoms with Crippen molar-refractivity contribution in [2.24, 2.45) is 0 Å². The first-order chi connectivity index (χ1) is 14.7. The molecule has 0 aliphatic carbocycles. The van der Waals surface area contributed by atoms with Crippen LogP contribution < -0.4 is 11.1 Å². The van der Waals surface area contributed by atoms with Gasteiger partial charge in [-0.1, -0.05) is 6.07 Å². The van der Waals surface area contributed by atoms with Gasteiger partial charge in [0, 0.05) is 17.3 Å². The van der Waals surface area contributed by atoms with Gasteiger partial charge in [-0.3, -0.25) is 5.10 Å². The van der Waals surface area contributed by atoms with E-state index in [2.05, 4.69) is 30.5 Å². The molecule has 0 saturated heterocycles. The largest absolute Gasteiger partial charge is 0.383 e. The molecule has 0 bridgehead atoms. The first kappa shape index (κ1) is 20.7. The van der Waals surface area contributed by atoms with Crippen LogP contribution in [-0.2, 0) is 9.84 Å². The molecule has 0 fully saturated rings. The van der Waals surface area contributed by atoms with Crippen molar-refractivity contribution in [2.45, 2.75) is 30.9 Å². The second kappa shape index (κ2) is 7.58. The Hall–Kier alpha value is -3.60. The van der Waals surface area contributed by atoms with E-state index in [0.717, 1.165) is 6.20 Å². The summed E-state index contributed by atoms with van der Waals surface area (Å²) in [6, 6.07) is 6.30. The average molecular weight is 441 g/mol. The van der Waals surface area contributed by atoms with Crippen LogP contribution in [0.3, 0.4) is 0 Å². The number of anilines is 3. The number of nitrogens with two attached hydrogens (primary N) is 1. The molecule has 31 heavy (non-hydrogen) atoms. The maximum atomic E-state index is 13.6. The van der Waals surface area contributed by atoms with E-state index in [4.69, 9.17) is 5.73 Å². The van der Waals surface area contributed by atoms with Crippen LogP contribution in [0.4, 0.5) is 21.8 Å². The normalized spacial score (nSPS) is 11.9. The lowest BCUT2D eigenvalue weighted by atomic mass is 10.1. The van der Waals surface area contributed by atoms with Gasteiger partial charge < -0.3 is 11.1 Å². The number of sulfone groups is 1. The molecule has 0 amide bonds. The molecule has 0 saturated carbocycles. The molecule has 3 heterocycles. The maximum Gasteiger partial charge on any atom is 0.229 e. The predicted molar refractivity (Wildman–Crippen MR) is 116 cm³/mol. The number of H-pyrrole nitrogens is 1. The highest BCUT2D eigenvalue weighted by Crippen LogP contribution is 2.30.